The van der Waals surface area contributed by atoms with E-state index in [-0.39, 0.29) is 6.42 Å². The highest BCUT2D eigenvalue weighted by atomic mass is 79.9. The fourth-order valence-electron chi connectivity index (χ4n) is 1.88. The van der Waals surface area contributed by atoms with Crippen LogP contribution < -0.4 is 5.32 Å². The number of carbonyl (C=O) groups is 3. The summed E-state index contributed by atoms with van der Waals surface area (Å²) in [7, 11) is 2.49. The molecule has 0 saturated carbocycles. The minimum atomic E-state index is -0.935. The Hall–Kier alpha value is -1.89. The van der Waals surface area contributed by atoms with E-state index >= 15 is 0 Å². The number of rotatable bonds is 6. The lowest BCUT2D eigenvalue weighted by Crippen LogP contribution is -2.46. The van der Waals surface area contributed by atoms with Crippen molar-refractivity contribution in [3.63, 3.8) is 0 Å². The molecule has 1 amide bonds. The highest BCUT2D eigenvalue weighted by Crippen LogP contribution is 2.14. The number of ether oxygens (including phenoxy) is 2. The minimum absolute atomic E-state index is 0.00493. The van der Waals surface area contributed by atoms with E-state index in [1.54, 1.807) is 31.2 Å². The van der Waals surface area contributed by atoms with Crippen molar-refractivity contribution in [3.8, 4) is 0 Å². The first-order valence-electron chi connectivity index (χ1n) is 6.60. The molecule has 1 rings (SSSR count). The third kappa shape index (κ3) is 5.14. The van der Waals surface area contributed by atoms with E-state index in [0.29, 0.717) is 5.56 Å². The molecule has 1 N–H and O–H groups in total. The normalized spacial score (nSPS) is 12.9. The van der Waals surface area contributed by atoms with Gasteiger partial charge in [0.25, 0.3) is 5.91 Å². The summed E-state index contributed by atoms with van der Waals surface area (Å²) in [5, 5.41) is 2.60. The summed E-state index contributed by atoms with van der Waals surface area (Å²) in [6.07, 6.45) is -0.00493. The van der Waals surface area contributed by atoms with Crippen LogP contribution in [0.2, 0.25) is 0 Å². The van der Waals surface area contributed by atoms with Gasteiger partial charge in [-0.2, -0.15) is 0 Å². The molecule has 0 heterocycles. The topological polar surface area (TPSA) is 81.7 Å². The molecule has 1 aromatic rings. The summed E-state index contributed by atoms with van der Waals surface area (Å²) in [5.74, 6) is -1.96. The van der Waals surface area contributed by atoms with Gasteiger partial charge in [-0.05, 0) is 24.1 Å². The first-order chi connectivity index (χ1) is 10.4. The van der Waals surface area contributed by atoms with E-state index in [4.69, 9.17) is 4.74 Å². The van der Waals surface area contributed by atoms with Crippen LogP contribution in [-0.2, 0) is 19.1 Å². The lowest BCUT2D eigenvalue weighted by atomic mass is 9.98. The number of amides is 1. The SMILES string of the molecule is COC(=O)C[C@@H](C)[C@@H](NC(=O)c1cccc(Br)c1)C(=O)OC. The molecule has 0 unspecified atom stereocenters. The average Bonchev–Trinajstić information content (AvgIpc) is 2.51. The van der Waals surface area contributed by atoms with E-state index in [1.165, 1.54) is 14.2 Å². The van der Waals surface area contributed by atoms with Crippen molar-refractivity contribution in [2.75, 3.05) is 14.2 Å². The number of benzene rings is 1. The lowest BCUT2D eigenvalue weighted by molar-refractivity contribution is -0.146. The highest BCUT2D eigenvalue weighted by molar-refractivity contribution is 9.10. The molecule has 2 atom stereocenters. The van der Waals surface area contributed by atoms with Crippen LogP contribution in [-0.4, -0.2) is 38.1 Å². The van der Waals surface area contributed by atoms with Gasteiger partial charge < -0.3 is 14.8 Å². The summed E-state index contributed by atoms with van der Waals surface area (Å²) in [5.41, 5.74) is 0.397. The second-order valence-corrected chi connectivity index (χ2v) is 5.66. The highest BCUT2D eigenvalue weighted by Gasteiger charge is 2.29. The summed E-state index contributed by atoms with van der Waals surface area (Å²) < 4.78 is 10.0. The Labute approximate surface area is 137 Å². The monoisotopic (exact) mass is 371 g/mol. The average molecular weight is 372 g/mol. The molecule has 22 heavy (non-hydrogen) atoms. The number of nitrogens with one attached hydrogen (secondary N) is 1. The van der Waals surface area contributed by atoms with Crippen molar-refractivity contribution in [2.24, 2.45) is 5.92 Å². The van der Waals surface area contributed by atoms with Gasteiger partial charge in [0.1, 0.15) is 6.04 Å². The van der Waals surface area contributed by atoms with Gasteiger partial charge in [-0.3, -0.25) is 9.59 Å². The smallest absolute Gasteiger partial charge is 0.328 e. The molecular formula is C15H18BrNO5. The maximum atomic E-state index is 12.2. The Bertz CT molecular complexity index is 561. The van der Waals surface area contributed by atoms with Crippen LogP contribution in [0.1, 0.15) is 23.7 Å². The van der Waals surface area contributed by atoms with Gasteiger partial charge in [0.15, 0.2) is 0 Å². The van der Waals surface area contributed by atoms with Gasteiger partial charge in [0.05, 0.1) is 20.6 Å². The zero-order valence-corrected chi connectivity index (χ0v) is 14.2. The molecule has 0 saturated heterocycles. The minimum Gasteiger partial charge on any atom is -0.469 e. The van der Waals surface area contributed by atoms with Crippen molar-refractivity contribution < 1.29 is 23.9 Å². The van der Waals surface area contributed by atoms with Gasteiger partial charge in [0.2, 0.25) is 0 Å². The Morgan fingerprint density at radius 3 is 2.45 bits per heavy atom. The van der Waals surface area contributed by atoms with Gasteiger partial charge in [-0.15, -0.1) is 0 Å². The molecule has 0 bridgehead atoms. The van der Waals surface area contributed by atoms with E-state index in [1.807, 2.05) is 0 Å². The molecule has 7 heteroatoms. The maximum Gasteiger partial charge on any atom is 0.328 e. The third-order valence-corrected chi connectivity index (χ3v) is 3.61. The predicted octanol–water partition coefficient (Wildman–Crippen LogP) is 1.92. The van der Waals surface area contributed by atoms with Crippen LogP contribution in [0, 0.1) is 5.92 Å². The maximum absolute atomic E-state index is 12.2. The van der Waals surface area contributed by atoms with E-state index in [9.17, 15) is 14.4 Å². The first-order valence-corrected chi connectivity index (χ1v) is 7.39. The van der Waals surface area contributed by atoms with Crippen molar-refractivity contribution in [1.82, 2.24) is 5.32 Å². The Balaban J connectivity index is 2.87. The zero-order valence-electron chi connectivity index (χ0n) is 12.6. The van der Waals surface area contributed by atoms with Crippen LogP contribution in [0.4, 0.5) is 0 Å². The van der Waals surface area contributed by atoms with Crippen molar-refractivity contribution >= 4 is 33.8 Å². The number of hydrogen-bond donors (Lipinski definition) is 1. The van der Waals surface area contributed by atoms with Crippen molar-refractivity contribution in [1.29, 1.82) is 0 Å². The van der Waals surface area contributed by atoms with Gasteiger partial charge in [-0.25, -0.2) is 4.79 Å². The van der Waals surface area contributed by atoms with Gasteiger partial charge in [-0.1, -0.05) is 28.9 Å². The molecule has 0 fully saturated rings. The summed E-state index contributed by atoms with van der Waals surface area (Å²) >= 11 is 3.28. The quantitative estimate of drug-likeness (QED) is 0.772. The first kappa shape index (κ1) is 18.2. The number of halogens is 1. The fraction of sp³-hybridized carbons (Fsp3) is 0.400. The molecule has 0 aliphatic carbocycles. The van der Waals surface area contributed by atoms with Crippen LogP contribution >= 0.6 is 15.9 Å². The predicted molar refractivity (Wildman–Crippen MR) is 83.2 cm³/mol. The molecule has 120 valence electrons. The molecule has 0 aliphatic heterocycles. The molecule has 0 spiro atoms. The molecule has 0 radical (unpaired) electrons. The van der Waals surface area contributed by atoms with Crippen LogP contribution in [0.3, 0.4) is 0 Å². The standard InChI is InChI=1S/C15H18BrNO5/c1-9(7-12(18)21-2)13(15(20)22-3)17-14(19)10-5-4-6-11(16)8-10/h4-6,8-9,13H,7H2,1-3H3,(H,17,19)/t9-,13-/m1/s1. The molecule has 0 aromatic heterocycles. The van der Waals surface area contributed by atoms with Gasteiger partial charge >= 0.3 is 11.9 Å². The summed E-state index contributed by atoms with van der Waals surface area (Å²) in [6.45, 7) is 1.67. The van der Waals surface area contributed by atoms with Crippen molar-refractivity contribution in [3.05, 3.63) is 34.3 Å². The van der Waals surface area contributed by atoms with Crippen LogP contribution in [0.25, 0.3) is 0 Å². The molecule has 1 aromatic carbocycles. The molecule has 0 aliphatic rings. The second-order valence-electron chi connectivity index (χ2n) is 4.74. The second kappa shape index (κ2) is 8.53. The Morgan fingerprint density at radius 1 is 1.23 bits per heavy atom. The van der Waals surface area contributed by atoms with Crippen LogP contribution in [0.5, 0.6) is 0 Å². The van der Waals surface area contributed by atoms with E-state index in [0.717, 1.165) is 4.47 Å². The van der Waals surface area contributed by atoms with Crippen LogP contribution in [0.15, 0.2) is 28.7 Å². The van der Waals surface area contributed by atoms with E-state index in [2.05, 4.69) is 26.0 Å². The summed E-state index contributed by atoms with van der Waals surface area (Å²) in [6, 6.07) is 5.82. The van der Waals surface area contributed by atoms with Crippen molar-refractivity contribution in [2.45, 2.75) is 19.4 Å². The zero-order chi connectivity index (χ0) is 16.7. The lowest BCUT2D eigenvalue weighted by Gasteiger charge is -2.22. The third-order valence-electron chi connectivity index (χ3n) is 3.11. The number of esters is 2. The number of methoxy groups -OCH3 is 2. The fourth-order valence-corrected chi connectivity index (χ4v) is 2.28. The number of hydrogen-bond acceptors (Lipinski definition) is 5. The number of carbonyl (C=O) groups excluding carboxylic acids is 3. The molecule has 6 nitrogen and oxygen atoms in total. The van der Waals surface area contributed by atoms with E-state index < -0.39 is 29.8 Å². The van der Waals surface area contributed by atoms with Gasteiger partial charge in [0, 0.05) is 10.0 Å². The summed E-state index contributed by atoms with van der Waals surface area (Å²) in [4.78, 5) is 35.4. The Morgan fingerprint density at radius 2 is 1.91 bits per heavy atom. The molecular weight excluding hydrogens is 354 g/mol. The largest absolute Gasteiger partial charge is 0.469 e. The Kier molecular flexibility index (Phi) is 7.04.